The van der Waals surface area contributed by atoms with Gasteiger partial charge in [-0.3, -0.25) is 4.98 Å². The minimum atomic E-state index is -1.08. The fourth-order valence-corrected chi connectivity index (χ4v) is 3.88. The number of benzene rings is 2. The number of aliphatic hydroxyl groups excluding tert-OH is 1. The van der Waals surface area contributed by atoms with Gasteiger partial charge in [0.05, 0.1) is 10.4 Å². The number of carboxylic acids is 1. The standard InChI is InChI=1S/C21H15N5O4S/c27-18(16-9-22-10-31-16)20-24-19(25-26-20)11-2-1-3-12(8-11)30-15-5-4-14-13(6-7-23-14)17(15)21(28)29/h1-10,18,23,27H,(H,28,29)(H,24,25,26). The number of hydrogen-bond donors (Lipinski definition) is 4. The van der Waals surface area contributed by atoms with Gasteiger partial charge in [0.1, 0.15) is 23.2 Å². The molecule has 154 valence electrons. The Kier molecular flexibility index (Phi) is 4.69. The van der Waals surface area contributed by atoms with Crippen LogP contribution in [0.25, 0.3) is 22.3 Å². The largest absolute Gasteiger partial charge is 0.478 e. The van der Waals surface area contributed by atoms with Crippen LogP contribution in [0.3, 0.4) is 0 Å². The molecule has 31 heavy (non-hydrogen) atoms. The Bertz CT molecular complexity index is 1380. The summed E-state index contributed by atoms with van der Waals surface area (Å²) in [6.07, 6.45) is 2.32. The van der Waals surface area contributed by atoms with E-state index in [1.54, 1.807) is 54.3 Å². The van der Waals surface area contributed by atoms with Crippen LogP contribution in [0.4, 0.5) is 0 Å². The van der Waals surface area contributed by atoms with Crippen LogP contribution in [-0.4, -0.2) is 41.3 Å². The average Bonchev–Trinajstić information content (AvgIpc) is 3.54. The average molecular weight is 433 g/mol. The molecular formula is C21H15N5O4S. The lowest BCUT2D eigenvalue weighted by Gasteiger charge is -2.10. The number of rotatable bonds is 6. The van der Waals surface area contributed by atoms with Crippen molar-refractivity contribution < 1.29 is 19.7 Å². The van der Waals surface area contributed by atoms with E-state index >= 15 is 0 Å². The Hall–Kier alpha value is -4.02. The maximum absolute atomic E-state index is 11.8. The molecule has 0 saturated heterocycles. The third-order valence-electron chi connectivity index (χ3n) is 4.73. The molecule has 5 rings (SSSR count). The van der Waals surface area contributed by atoms with Crippen LogP contribution in [0.15, 0.2) is 60.4 Å². The fraction of sp³-hybridized carbons (Fsp3) is 0.0476. The minimum Gasteiger partial charge on any atom is -0.478 e. The zero-order chi connectivity index (χ0) is 21.4. The summed E-state index contributed by atoms with van der Waals surface area (Å²) in [6, 6.07) is 12.1. The summed E-state index contributed by atoms with van der Waals surface area (Å²) in [6.45, 7) is 0. The number of aliphatic hydroxyl groups is 1. The number of carbonyl (C=O) groups is 1. The molecule has 5 aromatic rings. The van der Waals surface area contributed by atoms with Crippen LogP contribution in [0, 0.1) is 0 Å². The number of aromatic carboxylic acids is 1. The summed E-state index contributed by atoms with van der Waals surface area (Å²) >= 11 is 1.32. The fourth-order valence-electron chi connectivity index (χ4n) is 3.28. The molecule has 4 N–H and O–H groups in total. The van der Waals surface area contributed by atoms with E-state index in [-0.39, 0.29) is 11.3 Å². The van der Waals surface area contributed by atoms with E-state index in [9.17, 15) is 15.0 Å². The third kappa shape index (κ3) is 3.54. The molecule has 9 nitrogen and oxygen atoms in total. The van der Waals surface area contributed by atoms with Crippen molar-refractivity contribution in [2.75, 3.05) is 0 Å². The first-order valence-electron chi connectivity index (χ1n) is 9.21. The molecule has 1 atom stereocenters. The lowest BCUT2D eigenvalue weighted by molar-refractivity contribution is 0.0696. The normalized spacial score (nSPS) is 12.2. The molecule has 10 heteroatoms. The number of aromatic amines is 2. The lowest BCUT2D eigenvalue weighted by atomic mass is 10.1. The maximum Gasteiger partial charge on any atom is 0.340 e. The van der Waals surface area contributed by atoms with E-state index in [1.807, 2.05) is 6.07 Å². The molecule has 3 aromatic heterocycles. The van der Waals surface area contributed by atoms with Gasteiger partial charge in [0.25, 0.3) is 0 Å². The van der Waals surface area contributed by atoms with Crippen molar-refractivity contribution in [1.82, 2.24) is 25.1 Å². The monoisotopic (exact) mass is 433 g/mol. The number of carboxylic acid groups (broad SMARTS) is 1. The van der Waals surface area contributed by atoms with Crippen molar-refractivity contribution >= 4 is 28.2 Å². The van der Waals surface area contributed by atoms with E-state index in [1.165, 1.54) is 11.3 Å². The van der Waals surface area contributed by atoms with Crippen molar-refractivity contribution in [3.8, 4) is 22.9 Å². The first-order chi connectivity index (χ1) is 15.1. The van der Waals surface area contributed by atoms with Crippen LogP contribution >= 0.6 is 11.3 Å². The molecule has 0 radical (unpaired) electrons. The molecule has 0 spiro atoms. The number of H-pyrrole nitrogens is 2. The number of aromatic nitrogens is 5. The van der Waals surface area contributed by atoms with Crippen LogP contribution < -0.4 is 4.74 Å². The molecule has 3 heterocycles. The second-order valence-corrected chi connectivity index (χ2v) is 7.60. The molecular weight excluding hydrogens is 418 g/mol. The Balaban J connectivity index is 1.45. The van der Waals surface area contributed by atoms with Crippen molar-refractivity contribution in [3.63, 3.8) is 0 Å². The number of hydrogen-bond acceptors (Lipinski definition) is 7. The van der Waals surface area contributed by atoms with E-state index in [2.05, 4.69) is 25.1 Å². The van der Waals surface area contributed by atoms with Gasteiger partial charge < -0.3 is 24.9 Å². The first kappa shape index (κ1) is 19.0. The van der Waals surface area contributed by atoms with Gasteiger partial charge in [-0.05, 0) is 30.3 Å². The molecule has 0 bridgehead atoms. The van der Waals surface area contributed by atoms with Gasteiger partial charge in [-0.1, -0.05) is 12.1 Å². The van der Waals surface area contributed by atoms with Crippen LogP contribution in [0.2, 0.25) is 0 Å². The molecule has 0 saturated carbocycles. The Morgan fingerprint density at radius 2 is 2.06 bits per heavy atom. The predicted molar refractivity (Wildman–Crippen MR) is 113 cm³/mol. The highest BCUT2D eigenvalue weighted by Crippen LogP contribution is 2.33. The number of thiazole rings is 1. The number of fused-ring (bicyclic) bond motifs is 1. The Morgan fingerprint density at radius 1 is 1.16 bits per heavy atom. The van der Waals surface area contributed by atoms with Crippen molar-refractivity contribution in [2.24, 2.45) is 0 Å². The van der Waals surface area contributed by atoms with Gasteiger partial charge in [0, 0.05) is 28.9 Å². The Labute approximate surface area is 179 Å². The molecule has 0 aliphatic heterocycles. The highest BCUT2D eigenvalue weighted by molar-refractivity contribution is 7.09. The third-order valence-corrected chi connectivity index (χ3v) is 5.56. The molecule has 0 aliphatic carbocycles. The van der Waals surface area contributed by atoms with E-state index in [0.717, 1.165) is 0 Å². The Morgan fingerprint density at radius 3 is 2.87 bits per heavy atom. The molecule has 0 fully saturated rings. The van der Waals surface area contributed by atoms with Gasteiger partial charge >= 0.3 is 5.97 Å². The minimum absolute atomic E-state index is 0.0822. The van der Waals surface area contributed by atoms with E-state index in [4.69, 9.17) is 4.74 Å². The summed E-state index contributed by atoms with van der Waals surface area (Å²) in [4.78, 5) is 22.4. The lowest BCUT2D eigenvalue weighted by Crippen LogP contribution is -2.01. The summed E-state index contributed by atoms with van der Waals surface area (Å²) in [5, 5.41) is 28.8. The van der Waals surface area contributed by atoms with Gasteiger partial charge in [0.2, 0.25) is 0 Å². The summed E-state index contributed by atoms with van der Waals surface area (Å²) in [7, 11) is 0. The molecule has 2 aromatic carbocycles. The molecule has 1 unspecified atom stereocenters. The quantitative estimate of drug-likeness (QED) is 0.318. The van der Waals surface area contributed by atoms with Crippen molar-refractivity contribution in [1.29, 1.82) is 0 Å². The topological polar surface area (TPSA) is 137 Å². The zero-order valence-electron chi connectivity index (χ0n) is 15.8. The van der Waals surface area contributed by atoms with Gasteiger partial charge in [-0.2, -0.15) is 0 Å². The first-order valence-corrected chi connectivity index (χ1v) is 10.1. The van der Waals surface area contributed by atoms with Gasteiger partial charge in [-0.15, -0.1) is 21.5 Å². The van der Waals surface area contributed by atoms with Gasteiger partial charge in [-0.25, -0.2) is 4.79 Å². The highest BCUT2D eigenvalue weighted by Gasteiger charge is 2.19. The van der Waals surface area contributed by atoms with Crippen LogP contribution in [0.1, 0.15) is 27.2 Å². The molecule has 0 aliphatic rings. The highest BCUT2D eigenvalue weighted by atomic mass is 32.1. The van der Waals surface area contributed by atoms with Gasteiger partial charge in [0.15, 0.2) is 11.6 Å². The summed E-state index contributed by atoms with van der Waals surface area (Å²) in [5.41, 5.74) is 3.10. The number of ether oxygens (including phenoxy) is 1. The van der Waals surface area contributed by atoms with Crippen LogP contribution in [-0.2, 0) is 0 Å². The predicted octanol–water partition coefficient (Wildman–Crippen LogP) is 3.98. The number of nitrogens with one attached hydrogen (secondary N) is 2. The second-order valence-electron chi connectivity index (χ2n) is 6.68. The van der Waals surface area contributed by atoms with E-state index < -0.39 is 12.1 Å². The van der Waals surface area contributed by atoms with Crippen LogP contribution in [0.5, 0.6) is 11.5 Å². The maximum atomic E-state index is 11.8. The summed E-state index contributed by atoms with van der Waals surface area (Å²) in [5.74, 6) is 0.347. The number of nitrogens with zero attached hydrogens (tertiary/aromatic N) is 3. The van der Waals surface area contributed by atoms with Crippen molar-refractivity contribution in [2.45, 2.75) is 6.10 Å². The SMILES string of the molecule is O=C(O)c1c(Oc2cccc(-c3nnc(C(O)c4cncs4)[nH]3)c2)ccc2[nH]ccc12. The zero-order valence-corrected chi connectivity index (χ0v) is 16.6. The second kappa shape index (κ2) is 7.67. The molecule has 0 amide bonds. The summed E-state index contributed by atoms with van der Waals surface area (Å²) < 4.78 is 5.91. The van der Waals surface area contributed by atoms with E-state index in [0.29, 0.717) is 38.7 Å². The van der Waals surface area contributed by atoms with Crippen molar-refractivity contribution in [3.05, 3.63) is 76.6 Å². The smallest absolute Gasteiger partial charge is 0.340 e.